The highest BCUT2D eigenvalue weighted by Crippen LogP contribution is 2.22. The predicted octanol–water partition coefficient (Wildman–Crippen LogP) is 0.410. The third kappa shape index (κ3) is 3.70. The minimum absolute atomic E-state index is 0.00936. The molecule has 0 aliphatic rings. The Hall–Kier alpha value is -1.56. The van der Waals surface area contributed by atoms with Crippen molar-refractivity contribution in [3.63, 3.8) is 0 Å². The summed E-state index contributed by atoms with van der Waals surface area (Å²) in [6.07, 6.45) is 0. The molecule has 0 saturated carbocycles. The first kappa shape index (κ1) is 15.5. The standard InChI is InChI=1S/C13H25N5O/c1-6-15-8-11-10(3)16-17(5)13(11)18(7-2)9-12(19)14-4/h15H,6-9H2,1-5H3,(H,14,19). The van der Waals surface area contributed by atoms with Gasteiger partial charge in [0.2, 0.25) is 5.91 Å². The van der Waals surface area contributed by atoms with Gasteiger partial charge in [0.1, 0.15) is 5.82 Å². The Bertz CT molecular complexity index is 427. The molecular formula is C13H25N5O. The van der Waals surface area contributed by atoms with E-state index in [4.69, 9.17) is 0 Å². The molecule has 1 aromatic rings. The molecule has 0 aliphatic carbocycles. The van der Waals surface area contributed by atoms with Crippen molar-refractivity contribution in [1.82, 2.24) is 20.4 Å². The second-order valence-corrected chi connectivity index (χ2v) is 4.48. The molecule has 0 radical (unpaired) electrons. The Labute approximate surface area is 115 Å². The summed E-state index contributed by atoms with van der Waals surface area (Å²) < 4.78 is 1.86. The number of aromatic nitrogens is 2. The van der Waals surface area contributed by atoms with E-state index in [0.717, 1.165) is 36.7 Å². The Morgan fingerprint density at radius 2 is 2.11 bits per heavy atom. The summed E-state index contributed by atoms with van der Waals surface area (Å²) in [5.74, 6) is 1.03. The Morgan fingerprint density at radius 1 is 1.42 bits per heavy atom. The van der Waals surface area contributed by atoms with Crippen LogP contribution in [0.25, 0.3) is 0 Å². The van der Waals surface area contributed by atoms with E-state index in [1.54, 1.807) is 7.05 Å². The molecule has 0 saturated heterocycles. The maximum atomic E-state index is 11.6. The second kappa shape index (κ2) is 7.13. The maximum absolute atomic E-state index is 11.6. The molecule has 1 rings (SSSR count). The highest BCUT2D eigenvalue weighted by Gasteiger charge is 2.19. The topological polar surface area (TPSA) is 62.2 Å². The lowest BCUT2D eigenvalue weighted by Gasteiger charge is -2.23. The van der Waals surface area contributed by atoms with Crippen molar-refractivity contribution >= 4 is 11.7 Å². The summed E-state index contributed by atoms with van der Waals surface area (Å²) in [5.41, 5.74) is 2.17. The first-order valence-electron chi connectivity index (χ1n) is 6.73. The van der Waals surface area contributed by atoms with Gasteiger partial charge < -0.3 is 15.5 Å². The average molecular weight is 267 g/mol. The molecule has 0 unspecified atom stereocenters. The number of anilines is 1. The van der Waals surface area contributed by atoms with Crippen LogP contribution in [0.3, 0.4) is 0 Å². The van der Waals surface area contributed by atoms with Gasteiger partial charge in [-0.15, -0.1) is 0 Å². The van der Waals surface area contributed by atoms with Crippen LogP contribution in [0, 0.1) is 6.92 Å². The average Bonchev–Trinajstić information content (AvgIpc) is 2.67. The van der Waals surface area contributed by atoms with Crippen LogP contribution < -0.4 is 15.5 Å². The van der Waals surface area contributed by atoms with E-state index in [-0.39, 0.29) is 5.91 Å². The van der Waals surface area contributed by atoms with Gasteiger partial charge in [0, 0.05) is 32.7 Å². The lowest BCUT2D eigenvalue weighted by molar-refractivity contribution is -0.119. The number of nitrogens with zero attached hydrogens (tertiary/aromatic N) is 3. The van der Waals surface area contributed by atoms with Crippen LogP contribution in [0.5, 0.6) is 0 Å². The molecule has 0 atom stereocenters. The monoisotopic (exact) mass is 267 g/mol. The number of carbonyl (C=O) groups is 1. The SMILES string of the molecule is CCNCc1c(C)nn(C)c1N(CC)CC(=O)NC. The fraction of sp³-hybridized carbons (Fsp3) is 0.692. The van der Waals surface area contributed by atoms with E-state index in [2.05, 4.69) is 22.7 Å². The van der Waals surface area contributed by atoms with E-state index in [9.17, 15) is 4.79 Å². The molecule has 0 spiro atoms. The van der Waals surface area contributed by atoms with Crippen molar-refractivity contribution in [1.29, 1.82) is 0 Å². The number of rotatable bonds is 7. The lowest BCUT2D eigenvalue weighted by Crippen LogP contribution is -2.37. The first-order valence-corrected chi connectivity index (χ1v) is 6.73. The van der Waals surface area contributed by atoms with Crippen molar-refractivity contribution in [2.75, 3.05) is 31.6 Å². The molecule has 1 heterocycles. The van der Waals surface area contributed by atoms with Gasteiger partial charge in [-0.3, -0.25) is 9.48 Å². The van der Waals surface area contributed by atoms with Crippen molar-refractivity contribution in [3.05, 3.63) is 11.3 Å². The van der Waals surface area contributed by atoms with E-state index in [1.165, 1.54) is 0 Å². The van der Waals surface area contributed by atoms with Crippen molar-refractivity contribution in [2.24, 2.45) is 7.05 Å². The van der Waals surface area contributed by atoms with Gasteiger partial charge in [0.15, 0.2) is 0 Å². The van der Waals surface area contributed by atoms with Gasteiger partial charge in [0.25, 0.3) is 0 Å². The molecule has 19 heavy (non-hydrogen) atoms. The largest absolute Gasteiger partial charge is 0.358 e. The molecule has 6 nitrogen and oxygen atoms in total. The van der Waals surface area contributed by atoms with Gasteiger partial charge in [-0.1, -0.05) is 6.92 Å². The Morgan fingerprint density at radius 3 is 2.63 bits per heavy atom. The van der Waals surface area contributed by atoms with Crippen LogP contribution in [0.2, 0.25) is 0 Å². The van der Waals surface area contributed by atoms with Gasteiger partial charge >= 0.3 is 0 Å². The molecule has 0 aromatic carbocycles. The lowest BCUT2D eigenvalue weighted by atomic mass is 10.2. The third-order valence-corrected chi connectivity index (χ3v) is 3.16. The molecule has 0 aliphatic heterocycles. The minimum atomic E-state index is 0.00936. The fourth-order valence-corrected chi connectivity index (χ4v) is 2.13. The summed E-state index contributed by atoms with van der Waals surface area (Å²) in [7, 11) is 3.58. The van der Waals surface area contributed by atoms with Crippen LogP contribution in [0.1, 0.15) is 25.1 Å². The molecule has 1 amide bonds. The van der Waals surface area contributed by atoms with E-state index < -0.39 is 0 Å². The second-order valence-electron chi connectivity index (χ2n) is 4.48. The maximum Gasteiger partial charge on any atom is 0.239 e. The van der Waals surface area contributed by atoms with Crippen LogP contribution >= 0.6 is 0 Å². The number of likely N-dealkylation sites (N-methyl/N-ethyl adjacent to an activating group) is 2. The first-order chi connectivity index (χ1) is 9.04. The highest BCUT2D eigenvalue weighted by atomic mass is 16.1. The molecule has 2 N–H and O–H groups in total. The predicted molar refractivity (Wildman–Crippen MR) is 77.3 cm³/mol. The quantitative estimate of drug-likeness (QED) is 0.751. The molecule has 108 valence electrons. The summed E-state index contributed by atoms with van der Waals surface area (Å²) in [5, 5.41) is 10.5. The minimum Gasteiger partial charge on any atom is -0.358 e. The molecule has 0 fully saturated rings. The smallest absolute Gasteiger partial charge is 0.239 e. The van der Waals surface area contributed by atoms with Gasteiger partial charge in [-0.05, 0) is 20.4 Å². The van der Waals surface area contributed by atoms with E-state index in [1.807, 2.05) is 30.5 Å². The fourth-order valence-electron chi connectivity index (χ4n) is 2.13. The van der Waals surface area contributed by atoms with Crippen LogP contribution in [0.4, 0.5) is 5.82 Å². The highest BCUT2D eigenvalue weighted by molar-refractivity contribution is 5.81. The number of carbonyl (C=O) groups excluding carboxylic acids is 1. The van der Waals surface area contributed by atoms with E-state index in [0.29, 0.717) is 6.54 Å². The van der Waals surface area contributed by atoms with Crippen LogP contribution in [-0.4, -0.2) is 42.4 Å². The summed E-state index contributed by atoms with van der Waals surface area (Å²) >= 11 is 0. The summed E-state index contributed by atoms with van der Waals surface area (Å²) in [6, 6.07) is 0. The Kier molecular flexibility index (Phi) is 5.82. The number of hydrogen-bond acceptors (Lipinski definition) is 4. The Balaban J connectivity index is 3.04. The van der Waals surface area contributed by atoms with Gasteiger partial charge in [-0.25, -0.2) is 0 Å². The summed E-state index contributed by atoms with van der Waals surface area (Å²) in [6.45, 7) is 8.93. The van der Waals surface area contributed by atoms with Gasteiger partial charge in [-0.2, -0.15) is 5.10 Å². The third-order valence-electron chi connectivity index (χ3n) is 3.16. The number of aryl methyl sites for hydroxylation is 2. The van der Waals surface area contributed by atoms with Crippen molar-refractivity contribution < 1.29 is 4.79 Å². The molecule has 0 bridgehead atoms. The van der Waals surface area contributed by atoms with Crippen LogP contribution in [-0.2, 0) is 18.4 Å². The van der Waals surface area contributed by atoms with E-state index >= 15 is 0 Å². The normalized spacial score (nSPS) is 10.6. The number of nitrogens with one attached hydrogen (secondary N) is 2. The zero-order valence-electron chi connectivity index (χ0n) is 12.6. The zero-order valence-corrected chi connectivity index (χ0v) is 12.6. The zero-order chi connectivity index (χ0) is 14.4. The summed E-state index contributed by atoms with van der Waals surface area (Å²) in [4.78, 5) is 13.6. The van der Waals surface area contributed by atoms with Crippen molar-refractivity contribution in [2.45, 2.75) is 27.3 Å². The number of amides is 1. The number of hydrogen-bond donors (Lipinski definition) is 2. The van der Waals surface area contributed by atoms with Crippen LogP contribution in [0.15, 0.2) is 0 Å². The molecule has 6 heteroatoms. The molecular weight excluding hydrogens is 242 g/mol. The molecule has 1 aromatic heterocycles. The van der Waals surface area contributed by atoms with Gasteiger partial charge in [0.05, 0.1) is 12.2 Å². The van der Waals surface area contributed by atoms with Crippen molar-refractivity contribution in [3.8, 4) is 0 Å².